The minimum Gasteiger partial charge on any atom is -0.481 e. The second-order valence-corrected chi connectivity index (χ2v) is 6.66. The minimum atomic E-state index is -0.544. The van der Waals surface area contributed by atoms with Gasteiger partial charge in [-0.3, -0.25) is 14.9 Å². The number of non-ortho nitro benzene ring substituents is 1. The number of benzene rings is 2. The van der Waals surface area contributed by atoms with E-state index in [2.05, 4.69) is 4.90 Å². The zero-order chi connectivity index (χ0) is 19.4. The van der Waals surface area contributed by atoms with Crippen LogP contribution >= 0.6 is 0 Å². The molecule has 2 aromatic rings. The van der Waals surface area contributed by atoms with Crippen molar-refractivity contribution in [3.05, 3.63) is 64.2 Å². The summed E-state index contributed by atoms with van der Waals surface area (Å²) in [7, 11) is 0. The van der Waals surface area contributed by atoms with E-state index in [1.807, 2.05) is 36.1 Å². The number of nitrogens with zero attached hydrogens (tertiary/aromatic N) is 3. The largest absolute Gasteiger partial charge is 0.481 e. The maximum absolute atomic E-state index is 12.7. The summed E-state index contributed by atoms with van der Waals surface area (Å²) in [5.74, 6) is 0.667. The maximum atomic E-state index is 12.7. The predicted octanol–water partition coefficient (Wildman–Crippen LogP) is 3.02. The fourth-order valence-corrected chi connectivity index (χ4v) is 3.17. The monoisotopic (exact) mass is 369 g/mol. The van der Waals surface area contributed by atoms with Gasteiger partial charge in [0.05, 0.1) is 4.92 Å². The van der Waals surface area contributed by atoms with Crippen LogP contribution in [-0.4, -0.2) is 48.0 Å². The standard InChI is InChI=1S/C20H23N3O4/c1-15-4-3-5-19(14-15)27-16(2)20(24)22-12-10-21(11-13-22)17-6-8-18(9-7-17)23(25)26/h3-9,14,16H,10-13H2,1-2H3/t16-/m1/s1. The summed E-state index contributed by atoms with van der Waals surface area (Å²) < 4.78 is 5.79. The lowest BCUT2D eigenvalue weighted by molar-refractivity contribution is -0.384. The molecule has 0 N–H and O–H groups in total. The van der Waals surface area contributed by atoms with E-state index in [-0.39, 0.29) is 11.6 Å². The Morgan fingerprint density at radius 1 is 1.11 bits per heavy atom. The molecule has 1 aliphatic heterocycles. The van der Waals surface area contributed by atoms with Gasteiger partial charge in [0.15, 0.2) is 6.10 Å². The lowest BCUT2D eigenvalue weighted by atomic mass is 10.2. The Morgan fingerprint density at radius 3 is 2.37 bits per heavy atom. The molecule has 0 unspecified atom stereocenters. The van der Waals surface area contributed by atoms with Crippen molar-refractivity contribution in [2.24, 2.45) is 0 Å². The molecule has 7 heteroatoms. The van der Waals surface area contributed by atoms with E-state index < -0.39 is 11.0 Å². The van der Waals surface area contributed by atoms with Gasteiger partial charge in [-0.15, -0.1) is 0 Å². The van der Waals surface area contributed by atoms with Gasteiger partial charge in [0.25, 0.3) is 11.6 Å². The second kappa shape index (κ2) is 8.07. The Hall–Kier alpha value is -3.09. The van der Waals surface area contributed by atoms with E-state index in [0.717, 1.165) is 11.3 Å². The second-order valence-electron chi connectivity index (χ2n) is 6.66. The summed E-state index contributed by atoms with van der Waals surface area (Å²) >= 11 is 0. The van der Waals surface area contributed by atoms with Gasteiger partial charge in [-0.1, -0.05) is 12.1 Å². The third-order valence-corrected chi connectivity index (χ3v) is 4.67. The molecule has 0 bridgehead atoms. The highest BCUT2D eigenvalue weighted by Gasteiger charge is 2.26. The number of nitro benzene ring substituents is 1. The molecule has 2 aromatic carbocycles. The van der Waals surface area contributed by atoms with Crippen molar-refractivity contribution in [3.8, 4) is 5.75 Å². The van der Waals surface area contributed by atoms with E-state index in [4.69, 9.17) is 4.74 Å². The molecule has 0 aliphatic carbocycles. The lowest BCUT2D eigenvalue weighted by Gasteiger charge is -2.37. The summed E-state index contributed by atoms with van der Waals surface area (Å²) in [6, 6.07) is 14.2. The van der Waals surface area contributed by atoms with Crippen LogP contribution < -0.4 is 9.64 Å². The smallest absolute Gasteiger partial charge is 0.269 e. The molecule has 0 saturated carbocycles. The number of carbonyl (C=O) groups excluding carboxylic acids is 1. The molecule has 1 atom stereocenters. The number of hydrogen-bond acceptors (Lipinski definition) is 5. The van der Waals surface area contributed by atoms with Gasteiger partial charge in [-0.25, -0.2) is 0 Å². The first kappa shape index (κ1) is 18.7. The normalized spacial score (nSPS) is 15.3. The predicted molar refractivity (Wildman–Crippen MR) is 103 cm³/mol. The average Bonchev–Trinajstić information content (AvgIpc) is 2.67. The fraction of sp³-hybridized carbons (Fsp3) is 0.350. The molecular formula is C20H23N3O4. The summed E-state index contributed by atoms with van der Waals surface area (Å²) in [6.45, 7) is 6.31. The van der Waals surface area contributed by atoms with E-state index >= 15 is 0 Å². The van der Waals surface area contributed by atoms with E-state index in [9.17, 15) is 14.9 Å². The van der Waals surface area contributed by atoms with Crippen LogP contribution in [0.1, 0.15) is 12.5 Å². The van der Waals surface area contributed by atoms with Crippen molar-refractivity contribution >= 4 is 17.3 Å². The van der Waals surface area contributed by atoms with Crippen LogP contribution in [-0.2, 0) is 4.79 Å². The highest BCUT2D eigenvalue weighted by atomic mass is 16.6. The van der Waals surface area contributed by atoms with Gasteiger partial charge in [0, 0.05) is 44.0 Å². The summed E-state index contributed by atoms with van der Waals surface area (Å²) in [5.41, 5.74) is 2.09. The third-order valence-electron chi connectivity index (χ3n) is 4.67. The Labute approximate surface area is 158 Å². The van der Waals surface area contributed by atoms with Gasteiger partial charge >= 0.3 is 0 Å². The molecule has 3 rings (SSSR count). The molecule has 0 radical (unpaired) electrons. The Bertz CT molecular complexity index is 814. The molecular weight excluding hydrogens is 346 g/mol. The molecule has 1 amide bonds. The average molecular weight is 369 g/mol. The van der Waals surface area contributed by atoms with Crippen molar-refractivity contribution in [2.75, 3.05) is 31.1 Å². The van der Waals surface area contributed by atoms with Crippen LogP contribution in [0.4, 0.5) is 11.4 Å². The highest BCUT2D eigenvalue weighted by molar-refractivity contribution is 5.81. The Morgan fingerprint density at radius 2 is 1.78 bits per heavy atom. The highest BCUT2D eigenvalue weighted by Crippen LogP contribution is 2.21. The molecule has 1 aliphatic rings. The number of piperazine rings is 1. The lowest BCUT2D eigenvalue weighted by Crippen LogP contribution is -2.52. The quantitative estimate of drug-likeness (QED) is 0.598. The first-order chi connectivity index (χ1) is 12.9. The number of carbonyl (C=O) groups is 1. The fourth-order valence-electron chi connectivity index (χ4n) is 3.17. The number of rotatable bonds is 5. The third kappa shape index (κ3) is 4.55. The zero-order valence-electron chi connectivity index (χ0n) is 15.5. The molecule has 0 spiro atoms. The topological polar surface area (TPSA) is 75.9 Å². The number of ether oxygens (including phenoxy) is 1. The van der Waals surface area contributed by atoms with Gasteiger partial charge in [0.1, 0.15) is 5.75 Å². The maximum Gasteiger partial charge on any atom is 0.269 e. The van der Waals surface area contributed by atoms with E-state index in [1.54, 1.807) is 19.1 Å². The number of anilines is 1. The molecule has 1 fully saturated rings. The van der Waals surface area contributed by atoms with E-state index in [1.165, 1.54) is 12.1 Å². The van der Waals surface area contributed by atoms with Gasteiger partial charge in [-0.05, 0) is 43.7 Å². The number of amides is 1. The van der Waals surface area contributed by atoms with Crippen molar-refractivity contribution < 1.29 is 14.5 Å². The van der Waals surface area contributed by atoms with Crippen molar-refractivity contribution in [3.63, 3.8) is 0 Å². The van der Waals surface area contributed by atoms with Gasteiger partial charge in [0.2, 0.25) is 0 Å². The van der Waals surface area contributed by atoms with Crippen LogP contribution in [0.3, 0.4) is 0 Å². The molecule has 0 aromatic heterocycles. The summed E-state index contributed by atoms with van der Waals surface area (Å²) in [6.07, 6.45) is -0.544. The molecule has 27 heavy (non-hydrogen) atoms. The molecule has 1 heterocycles. The Kier molecular flexibility index (Phi) is 5.59. The van der Waals surface area contributed by atoms with Crippen LogP contribution in [0.2, 0.25) is 0 Å². The SMILES string of the molecule is Cc1cccc(O[C@H](C)C(=O)N2CCN(c3ccc([N+](=O)[O-])cc3)CC2)c1. The number of nitro groups is 1. The van der Waals surface area contributed by atoms with Crippen LogP contribution in [0, 0.1) is 17.0 Å². The Balaban J connectivity index is 1.54. The van der Waals surface area contributed by atoms with Crippen molar-refractivity contribution in [1.29, 1.82) is 0 Å². The van der Waals surface area contributed by atoms with Crippen LogP contribution in [0.5, 0.6) is 5.75 Å². The number of aryl methyl sites for hydroxylation is 1. The summed E-state index contributed by atoms with van der Waals surface area (Å²) in [4.78, 5) is 26.9. The summed E-state index contributed by atoms with van der Waals surface area (Å²) in [5, 5.41) is 10.8. The first-order valence-corrected chi connectivity index (χ1v) is 8.95. The van der Waals surface area contributed by atoms with Gasteiger partial charge < -0.3 is 14.5 Å². The van der Waals surface area contributed by atoms with Crippen molar-refractivity contribution in [2.45, 2.75) is 20.0 Å². The van der Waals surface area contributed by atoms with E-state index in [0.29, 0.717) is 31.9 Å². The molecule has 1 saturated heterocycles. The van der Waals surface area contributed by atoms with Gasteiger partial charge in [-0.2, -0.15) is 0 Å². The molecule has 142 valence electrons. The minimum absolute atomic E-state index is 0.0279. The molecule has 7 nitrogen and oxygen atoms in total. The van der Waals surface area contributed by atoms with Crippen LogP contribution in [0.15, 0.2) is 48.5 Å². The van der Waals surface area contributed by atoms with Crippen molar-refractivity contribution in [1.82, 2.24) is 4.90 Å². The first-order valence-electron chi connectivity index (χ1n) is 8.95. The van der Waals surface area contributed by atoms with Crippen LogP contribution in [0.25, 0.3) is 0 Å². The zero-order valence-corrected chi connectivity index (χ0v) is 15.5. The number of hydrogen-bond donors (Lipinski definition) is 0.